The second-order valence-electron chi connectivity index (χ2n) is 6.23. The molecule has 1 unspecified atom stereocenters. The minimum Gasteiger partial charge on any atom is -0.345 e. The molecule has 0 aromatic carbocycles. The highest BCUT2D eigenvalue weighted by Crippen LogP contribution is 2.26. The smallest absolute Gasteiger partial charge is 0.242 e. The molecule has 3 heterocycles. The number of thiazole rings is 1. The number of thiophene rings is 1. The minimum absolute atomic E-state index is 0.0445. The number of rotatable bonds is 6. The van der Waals surface area contributed by atoms with E-state index in [9.17, 15) is 4.79 Å². The van der Waals surface area contributed by atoms with Gasteiger partial charge in [0.2, 0.25) is 5.91 Å². The summed E-state index contributed by atoms with van der Waals surface area (Å²) in [6.45, 7) is 8.19. The van der Waals surface area contributed by atoms with Gasteiger partial charge in [-0.3, -0.25) is 9.48 Å². The molecule has 132 valence electrons. The Hall–Kier alpha value is -1.99. The molecule has 3 rings (SSSR count). The maximum Gasteiger partial charge on any atom is 0.242 e. The molecule has 0 fully saturated rings. The Morgan fingerprint density at radius 3 is 2.68 bits per heavy atom. The van der Waals surface area contributed by atoms with E-state index >= 15 is 0 Å². The van der Waals surface area contributed by atoms with E-state index in [1.807, 2.05) is 26.8 Å². The third-order valence-electron chi connectivity index (χ3n) is 4.10. The van der Waals surface area contributed by atoms with E-state index in [0.29, 0.717) is 0 Å². The summed E-state index contributed by atoms with van der Waals surface area (Å²) >= 11 is 3.32. The molecule has 0 radical (unpaired) electrons. The van der Waals surface area contributed by atoms with Gasteiger partial charge >= 0.3 is 0 Å². The molecule has 3 aromatic heterocycles. The number of amides is 1. The Balaban J connectivity index is 1.76. The summed E-state index contributed by atoms with van der Waals surface area (Å²) in [5.41, 5.74) is 4.16. The number of hydrogen-bond donors (Lipinski definition) is 1. The van der Waals surface area contributed by atoms with Crippen LogP contribution in [0, 0.1) is 27.7 Å². The van der Waals surface area contributed by atoms with Gasteiger partial charge in [0.15, 0.2) is 0 Å². The van der Waals surface area contributed by atoms with E-state index in [-0.39, 0.29) is 18.5 Å². The monoisotopic (exact) mass is 374 g/mol. The van der Waals surface area contributed by atoms with E-state index in [2.05, 4.69) is 39.1 Å². The van der Waals surface area contributed by atoms with Gasteiger partial charge in [-0.15, -0.1) is 11.3 Å². The molecule has 7 heteroatoms. The molecule has 1 atom stereocenters. The average molecular weight is 375 g/mol. The normalized spacial score (nSPS) is 12.3. The van der Waals surface area contributed by atoms with Gasteiger partial charge in [-0.25, -0.2) is 4.98 Å². The van der Waals surface area contributed by atoms with Gasteiger partial charge in [0.05, 0.1) is 17.4 Å². The van der Waals surface area contributed by atoms with Crippen molar-refractivity contribution in [2.75, 3.05) is 0 Å². The first-order valence-corrected chi connectivity index (χ1v) is 9.93. The molecule has 25 heavy (non-hydrogen) atoms. The van der Waals surface area contributed by atoms with E-state index < -0.39 is 0 Å². The fraction of sp³-hybridized carbons (Fsp3) is 0.389. The predicted octanol–water partition coefficient (Wildman–Crippen LogP) is 3.73. The lowest BCUT2D eigenvalue weighted by Crippen LogP contribution is -2.33. The van der Waals surface area contributed by atoms with Gasteiger partial charge in [-0.2, -0.15) is 16.4 Å². The molecule has 1 amide bonds. The van der Waals surface area contributed by atoms with Crippen molar-refractivity contribution in [2.24, 2.45) is 0 Å². The van der Waals surface area contributed by atoms with Crippen molar-refractivity contribution >= 4 is 28.6 Å². The topological polar surface area (TPSA) is 59.8 Å². The van der Waals surface area contributed by atoms with E-state index in [4.69, 9.17) is 0 Å². The van der Waals surface area contributed by atoms with Crippen molar-refractivity contribution in [2.45, 2.75) is 46.7 Å². The van der Waals surface area contributed by atoms with Crippen molar-refractivity contribution < 1.29 is 4.79 Å². The summed E-state index contributed by atoms with van der Waals surface area (Å²) in [7, 11) is 0. The third-order valence-corrected chi connectivity index (χ3v) is 6.01. The third kappa shape index (κ3) is 4.35. The molecule has 1 N–H and O–H groups in total. The summed E-state index contributed by atoms with van der Waals surface area (Å²) in [6, 6.07) is 3.96. The van der Waals surface area contributed by atoms with Crippen LogP contribution in [-0.2, 0) is 17.8 Å². The lowest BCUT2D eigenvalue weighted by Gasteiger charge is -2.16. The molecule has 0 aliphatic carbocycles. The summed E-state index contributed by atoms with van der Waals surface area (Å²) in [4.78, 5) is 18.4. The van der Waals surface area contributed by atoms with Crippen LogP contribution in [0.2, 0.25) is 0 Å². The van der Waals surface area contributed by atoms with Crippen molar-refractivity contribution in [3.63, 3.8) is 0 Å². The molecule has 0 aliphatic heterocycles. The second-order valence-corrected chi connectivity index (χ2v) is 8.25. The Morgan fingerprint density at radius 2 is 2.12 bits per heavy atom. The van der Waals surface area contributed by atoms with Gasteiger partial charge < -0.3 is 5.32 Å². The van der Waals surface area contributed by atoms with Crippen LogP contribution in [0.4, 0.5) is 0 Å². The number of hydrogen-bond acceptors (Lipinski definition) is 5. The van der Waals surface area contributed by atoms with Crippen molar-refractivity contribution in [3.8, 4) is 0 Å². The van der Waals surface area contributed by atoms with Crippen LogP contribution in [0.1, 0.15) is 38.6 Å². The standard InChI is InChI=1S/C18H22N4OS2/c1-11-7-12(2)22(21-11)9-17(23)20-16(8-15-5-6-24-10-15)18-19-13(3)14(4)25-18/h5-7,10,16H,8-9H2,1-4H3,(H,20,23). The number of aromatic nitrogens is 3. The Morgan fingerprint density at radius 1 is 1.32 bits per heavy atom. The molecular formula is C18H22N4OS2. The first-order valence-electron chi connectivity index (χ1n) is 8.18. The molecular weight excluding hydrogens is 352 g/mol. The van der Waals surface area contributed by atoms with Gasteiger partial charge in [-0.05, 0) is 56.2 Å². The van der Waals surface area contributed by atoms with Gasteiger partial charge in [0.1, 0.15) is 11.6 Å². The Kier molecular flexibility index (Phi) is 5.34. The Bertz CT molecular complexity index is 844. The van der Waals surface area contributed by atoms with Gasteiger partial charge in [-0.1, -0.05) is 0 Å². The molecule has 0 saturated carbocycles. The highest BCUT2D eigenvalue weighted by Gasteiger charge is 2.20. The van der Waals surface area contributed by atoms with Crippen LogP contribution in [0.15, 0.2) is 22.9 Å². The first-order chi connectivity index (χ1) is 11.9. The van der Waals surface area contributed by atoms with Crippen molar-refractivity contribution in [3.05, 3.63) is 55.4 Å². The number of nitrogens with one attached hydrogen (secondary N) is 1. The van der Waals surface area contributed by atoms with E-state index in [1.54, 1.807) is 27.4 Å². The zero-order valence-corrected chi connectivity index (χ0v) is 16.5. The lowest BCUT2D eigenvalue weighted by atomic mass is 10.1. The van der Waals surface area contributed by atoms with Crippen molar-refractivity contribution in [1.29, 1.82) is 0 Å². The van der Waals surface area contributed by atoms with Crippen LogP contribution >= 0.6 is 22.7 Å². The summed E-state index contributed by atoms with van der Waals surface area (Å²) in [6.07, 6.45) is 0.749. The largest absolute Gasteiger partial charge is 0.345 e. The predicted molar refractivity (Wildman–Crippen MR) is 102 cm³/mol. The quantitative estimate of drug-likeness (QED) is 0.715. The van der Waals surface area contributed by atoms with Gasteiger partial charge in [0, 0.05) is 17.0 Å². The summed E-state index contributed by atoms with van der Waals surface area (Å²) in [5, 5.41) is 12.7. The fourth-order valence-electron chi connectivity index (χ4n) is 2.70. The Labute approximate surface area is 155 Å². The zero-order chi connectivity index (χ0) is 18.0. The van der Waals surface area contributed by atoms with Crippen LogP contribution in [0.25, 0.3) is 0 Å². The lowest BCUT2D eigenvalue weighted by molar-refractivity contribution is -0.122. The highest BCUT2D eigenvalue weighted by molar-refractivity contribution is 7.11. The molecule has 0 bridgehead atoms. The first kappa shape index (κ1) is 17.8. The SMILES string of the molecule is Cc1cc(C)n(CC(=O)NC(Cc2ccsc2)c2nc(C)c(C)s2)n1. The van der Waals surface area contributed by atoms with E-state index in [0.717, 1.165) is 28.5 Å². The second kappa shape index (κ2) is 7.49. The maximum atomic E-state index is 12.6. The molecule has 0 aliphatic rings. The number of aryl methyl sites for hydroxylation is 4. The number of carbonyl (C=O) groups excluding carboxylic acids is 1. The minimum atomic E-state index is -0.114. The average Bonchev–Trinajstić information content (AvgIpc) is 3.23. The van der Waals surface area contributed by atoms with Crippen molar-refractivity contribution in [1.82, 2.24) is 20.1 Å². The summed E-state index contributed by atoms with van der Waals surface area (Å²) < 4.78 is 1.74. The van der Waals surface area contributed by atoms with Gasteiger partial charge in [0.25, 0.3) is 0 Å². The zero-order valence-electron chi connectivity index (χ0n) is 14.9. The van der Waals surface area contributed by atoms with Crippen LogP contribution in [0.5, 0.6) is 0 Å². The van der Waals surface area contributed by atoms with E-state index in [1.165, 1.54) is 10.4 Å². The fourth-order valence-corrected chi connectivity index (χ4v) is 4.36. The number of carbonyl (C=O) groups is 1. The molecule has 3 aromatic rings. The molecule has 5 nitrogen and oxygen atoms in total. The maximum absolute atomic E-state index is 12.6. The molecule has 0 saturated heterocycles. The van der Waals surface area contributed by atoms with Crippen LogP contribution in [-0.4, -0.2) is 20.7 Å². The molecule has 0 spiro atoms. The van der Waals surface area contributed by atoms with Crippen LogP contribution in [0.3, 0.4) is 0 Å². The number of nitrogens with zero attached hydrogens (tertiary/aromatic N) is 3. The highest BCUT2D eigenvalue weighted by atomic mass is 32.1. The summed E-state index contributed by atoms with van der Waals surface area (Å²) in [5.74, 6) is -0.0445. The van der Waals surface area contributed by atoms with Crippen LogP contribution < -0.4 is 5.32 Å².